The molecule has 2 rings (SSSR count). The van der Waals surface area contributed by atoms with Crippen molar-refractivity contribution in [3.63, 3.8) is 0 Å². The molecule has 0 radical (unpaired) electrons. The average molecular weight is 251 g/mol. The number of esters is 1. The summed E-state index contributed by atoms with van der Waals surface area (Å²) in [5, 5.41) is 10.7. The second-order valence-electron chi connectivity index (χ2n) is 4.21. The number of methoxy groups -OCH3 is 1. The predicted octanol–water partition coefficient (Wildman–Crippen LogP) is 1.61. The van der Waals surface area contributed by atoms with Crippen molar-refractivity contribution < 1.29 is 19.2 Å². The number of hydrogen-bond donors (Lipinski definition) is 0. The van der Waals surface area contributed by atoms with Crippen LogP contribution in [0.15, 0.2) is 18.2 Å². The maximum absolute atomic E-state index is 11.7. The van der Waals surface area contributed by atoms with E-state index in [0.717, 1.165) is 0 Å². The van der Waals surface area contributed by atoms with Crippen LogP contribution in [-0.2, 0) is 4.79 Å². The van der Waals surface area contributed by atoms with Gasteiger partial charge in [0.15, 0.2) is 11.5 Å². The standard InChI is InChI=1S/C12H13NO5/c1-7-9(6-13(15)16)8-4-3-5-10(17-2)11(8)18-12(7)14/h3-5,7,9H,6H2,1-2H3. The van der Waals surface area contributed by atoms with Crippen LogP contribution in [-0.4, -0.2) is 24.5 Å². The molecule has 1 aromatic rings. The van der Waals surface area contributed by atoms with E-state index in [9.17, 15) is 14.9 Å². The van der Waals surface area contributed by atoms with Crippen LogP contribution in [0.25, 0.3) is 0 Å². The molecular formula is C12H13NO5. The minimum absolute atomic E-state index is 0.295. The Morgan fingerprint density at radius 3 is 2.83 bits per heavy atom. The van der Waals surface area contributed by atoms with Crippen molar-refractivity contribution in [3.8, 4) is 11.5 Å². The van der Waals surface area contributed by atoms with Gasteiger partial charge in [0.25, 0.3) is 0 Å². The number of ether oxygens (including phenoxy) is 2. The topological polar surface area (TPSA) is 78.7 Å². The summed E-state index contributed by atoms with van der Waals surface area (Å²) in [4.78, 5) is 22.0. The fraction of sp³-hybridized carbons (Fsp3) is 0.417. The fourth-order valence-corrected chi connectivity index (χ4v) is 2.14. The van der Waals surface area contributed by atoms with Crippen molar-refractivity contribution in [1.82, 2.24) is 0 Å². The van der Waals surface area contributed by atoms with Gasteiger partial charge in [-0.05, 0) is 6.07 Å². The highest BCUT2D eigenvalue weighted by Crippen LogP contribution is 2.42. The number of para-hydroxylation sites is 1. The van der Waals surface area contributed by atoms with Gasteiger partial charge in [-0.2, -0.15) is 0 Å². The molecule has 0 N–H and O–H groups in total. The molecule has 0 aromatic heterocycles. The summed E-state index contributed by atoms with van der Waals surface area (Å²) in [6.07, 6.45) is 0. The fourth-order valence-electron chi connectivity index (χ4n) is 2.14. The van der Waals surface area contributed by atoms with Gasteiger partial charge in [0.1, 0.15) is 0 Å². The number of nitrogens with zero attached hydrogens (tertiary/aromatic N) is 1. The lowest BCUT2D eigenvalue weighted by molar-refractivity contribution is -0.484. The Kier molecular flexibility index (Phi) is 3.18. The molecule has 18 heavy (non-hydrogen) atoms. The van der Waals surface area contributed by atoms with Crippen molar-refractivity contribution in [3.05, 3.63) is 33.9 Å². The van der Waals surface area contributed by atoms with Gasteiger partial charge in [0.2, 0.25) is 6.54 Å². The first-order valence-electron chi connectivity index (χ1n) is 5.55. The molecule has 6 nitrogen and oxygen atoms in total. The van der Waals surface area contributed by atoms with Gasteiger partial charge in [-0.1, -0.05) is 19.1 Å². The maximum Gasteiger partial charge on any atom is 0.315 e. The first kappa shape index (κ1) is 12.3. The first-order chi connectivity index (χ1) is 8.54. The third-order valence-corrected chi connectivity index (χ3v) is 3.15. The van der Waals surface area contributed by atoms with Crippen LogP contribution in [0.3, 0.4) is 0 Å². The van der Waals surface area contributed by atoms with Gasteiger partial charge >= 0.3 is 5.97 Å². The molecule has 0 amide bonds. The van der Waals surface area contributed by atoms with Crippen LogP contribution in [0, 0.1) is 16.0 Å². The van der Waals surface area contributed by atoms with Crippen LogP contribution < -0.4 is 9.47 Å². The summed E-state index contributed by atoms with van der Waals surface area (Å²) in [6, 6.07) is 5.12. The van der Waals surface area contributed by atoms with E-state index >= 15 is 0 Å². The molecule has 1 aliphatic rings. The molecule has 6 heteroatoms. The van der Waals surface area contributed by atoms with Gasteiger partial charge in [0.05, 0.1) is 18.9 Å². The van der Waals surface area contributed by atoms with Crippen LogP contribution in [0.5, 0.6) is 11.5 Å². The molecular weight excluding hydrogens is 238 g/mol. The predicted molar refractivity (Wildman–Crippen MR) is 62.4 cm³/mol. The van der Waals surface area contributed by atoms with E-state index in [-0.39, 0.29) is 6.54 Å². The van der Waals surface area contributed by atoms with Crippen LogP contribution in [0.2, 0.25) is 0 Å². The number of fused-ring (bicyclic) bond motifs is 1. The average Bonchev–Trinajstić information content (AvgIpc) is 2.34. The zero-order valence-corrected chi connectivity index (χ0v) is 10.1. The zero-order chi connectivity index (χ0) is 13.3. The summed E-state index contributed by atoms with van der Waals surface area (Å²) in [5.41, 5.74) is 0.651. The van der Waals surface area contributed by atoms with E-state index in [0.29, 0.717) is 17.1 Å². The normalized spacial score (nSPS) is 22.0. The van der Waals surface area contributed by atoms with E-state index in [4.69, 9.17) is 9.47 Å². The number of hydrogen-bond acceptors (Lipinski definition) is 5. The Morgan fingerprint density at radius 1 is 1.50 bits per heavy atom. The third-order valence-electron chi connectivity index (χ3n) is 3.15. The summed E-state index contributed by atoms with van der Waals surface area (Å²) in [5.74, 6) is -0.753. The number of rotatable bonds is 3. The largest absolute Gasteiger partial charge is 0.493 e. The Balaban J connectivity index is 2.49. The molecule has 96 valence electrons. The summed E-state index contributed by atoms with van der Waals surface area (Å²) < 4.78 is 10.3. The van der Waals surface area contributed by atoms with E-state index in [1.807, 2.05) is 0 Å². The Bertz CT molecular complexity index is 499. The summed E-state index contributed by atoms with van der Waals surface area (Å²) in [6.45, 7) is 1.34. The Labute approximate surface area is 104 Å². The second kappa shape index (κ2) is 4.64. The summed E-state index contributed by atoms with van der Waals surface area (Å²) >= 11 is 0. The first-order valence-corrected chi connectivity index (χ1v) is 5.55. The number of carbonyl (C=O) groups excluding carboxylic acids is 1. The molecule has 0 aliphatic carbocycles. The van der Waals surface area contributed by atoms with Gasteiger partial charge < -0.3 is 9.47 Å². The zero-order valence-electron chi connectivity index (χ0n) is 10.1. The Morgan fingerprint density at radius 2 is 2.22 bits per heavy atom. The second-order valence-corrected chi connectivity index (χ2v) is 4.21. The van der Waals surface area contributed by atoms with E-state index < -0.39 is 22.7 Å². The smallest absolute Gasteiger partial charge is 0.315 e. The van der Waals surface area contributed by atoms with E-state index in [2.05, 4.69) is 0 Å². The quantitative estimate of drug-likeness (QED) is 0.353. The van der Waals surface area contributed by atoms with Crippen molar-refractivity contribution in [2.24, 2.45) is 5.92 Å². The molecule has 0 saturated heterocycles. The van der Waals surface area contributed by atoms with E-state index in [1.165, 1.54) is 7.11 Å². The SMILES string of the molecule is COc1cccc2c1OC(=O)C(C)C2C[N+](=O)[O-]. The lowest BCUT2D eigenvalue weighted by atomic mass is 9.84. The lowest BCUT2D eigenvalue weighted by Crippen LogP contribution is -2.33. The molecule has 0 bridgehead atoms. The van der Waals surface area contributed by atoms with E-state index in [1.54, 1.807) is 25.1 Å². The Hall–Kier alpha value is -2.11. The van der Waals surface area contributed by atoms with Crippen LogP contribution >= 0.6 is 0 Å². The number of carbonyl (C=O) groups is 1. The minimum atomic E-state index is -0.532. The highest BCUT2D eigenvalue weighted by atomic mass is 16.6. The van der Waals surface area contributed by atoms with Crippen molar-refractivity contribution >= 4 is 5.97 Å². The molecule has 0 fully saturated rings. The molecule has 2 unspecified atom stereocenters. The van der Waals surface area contributed by atoms with Gasteiger partial charge in [-0.25, -0.2) is 0 Å². The van der Waals surface area contributed by atoms with Gasteiger partial charge in [-0.15, -0.1) is 0 Å². The molecule has 1 aliphatic heterocycles. The third kappa shape index (κ3) is 2.01. The van der Waals surface area contributed by atoms with Gasteiger partial charge in [-0.3, -0.25) is 14.9 Å². The molecule has 0 spiro atoms. The monoisotopic (exact) mass is 251 g/mol. The lowest BCUT2D eigenvalue weighted by Gasteiger charge is -2.28. The molecule has 1 heterocycles. The van der Waals surface area contributed by atoms with Crippen molar-refractivity contribution in [2.45, 2.75) is 12.8 Å². The molecule has 0 saturated carbocycles. The number of nitro groups is 1. The summed E-state index contributed by atoms with van der Waals surface area (Å²) in [7, 11) is 1.46. The highest BCUT2D eigenvalue weighted by Gasteiger charge is 2.39. The van der Waals surface area contributed by atoms with Crippen LogP contribution in [0.4, 0.5) is 0 Å². The van der Waals surface area contributed by atoms with Gasteiger partial charge in [0, 0.05) is 10.5 Å². The maximum atomic E-state index is 11.7. The number of benzene rings is 1. The highest BCUT2D eigenvalue weighted by molar-refractivity contribution is 5.80. The molecule has 1 aromatic carbocycles. The van der Waals surface area contributed by atoms with Crippen molar-refractivity contribution in [2.75, 3.05) is 13.7 Å². The van der Waals surface area contributed by atoms with Crippen molar-refractivity contribution in [1.29, 1.82) is 0 Å². The van der Waals surface area contributed by atoms with Crippen LogP contribution in [0.1, 0.15) is 18.4 Å². The molecule has 2 atom stereocenters. The minimum Gasteiger partial charge on any atom is -0.493 e.